The second-order valence-electron chi connectivity index (χ2n) is 6.55. The number of methoxy groups -OCH3 is 3. The smallest absolute Gasteiger partial charge is 0.295 e. The van der Waals surface area contributed by atoms with Gasteiger partial charge in [-0.15, -0.1) is 0 Å². The molecule has 1 heterocycles. The SMILES string of the molecule is COc1ccc(/C(O)=C2/C(=O)C(=O)N(CCO)C2c2cc(OC)ccc2OC)cc1. The van der Waals surface area contributed by atoms with Gasteiger partial charge in [0, 0.05) is 17.7 Å². The van der Waals surface area contributed by atoms with Gasteiger partial charge in [0.05, 0.1) is 39.6 Å². The number of rotatable bonds is 7. The summed E-state index contributed by atoms with van der Waals surface area (Å²) in [6.45, 7) is -0.437. The molecule has 1 amide bonds. The fraction of sp³-hybridized carbons (Fsp3) is 0.273. The highest BCUT2D eigenvalue weighted by Crippen LogP contribution is 2.43. The standard InChI is InChI=1S/C22H23NO7/c1-28-14-6-4-13(5-7-14)20(25)18-19(23(10-11-24)22(27)21(18)26)16-12-15(29-2)8-9-17(16)30-3/h4-9,12,19,24-25H,10-11H2,1-3H3/b20-18-. The number of aliphatic hydroxyl groups excluding tert-OH is 2. The number of benzene rings is 2. The van der Waals surface area contributed by atoms with Gasteiger partial charge in [-0.1, -0.05) is 0 Å². The summed E-state index contributed by atoms with van der Waals surface area (Å²) in [5, 5.41) is 20.5. The Morgan fingerprint density at radius 3 is 2.17 bits per heavy atom. The largest absolute Gasteiger partial charge is 0.507 e. The summed E-state index contributed by atoms with van der Waals surface area (Å²) < 4.78 is 15.8. The van der Waals surface area contributed by atoms with Crippen LogP contribution in [0.2, 0.25) is 0 Å². The van der Waals surface area contributed by atoms with E-state index < -0.39 is 17.7 Å². The number of Topliss-reactive ketones (excluding diaryl/α,β-unsaturated/α-hetero) is 1. The number of likely N-dealkylation sites (tertiary alicyclic amines) is 1. The minimum atomic E-state index is -0.954. The van der Waals surface area contributed by atoms with Gasteiger partial charge in [0.15, 0.2) is 0 Å². The van der Waals surface area contributed by atoms with Gasteiger partial charge in [0.25, 0.3) is 11.7 Å². The number of carbonyl (C=O) groups excluding carboxylic acids is 2. The average Bonchev–Trinajstić information content (AvgIpc) is 3.03. The number of amides is 1. The van der Waals surface area contributed by atoms with Crippen LogP contribution in [0.15, 0.2) is 48.0 Å². The Morgan fingerprint density at radius 1 is 0.967 bits per heavy atom. The van der Waals surface area contributed by atoms with E-state index in [1.54, 1.807) is 42.5 Å². The van der Waals surface area contributed by atoms with Crippen LogP contribution in [0, 0.1) is 0 Å². The Balaban J connectivity index is 2.23. The molecule has 158 valence electrons. The van der Waals surface area contributed by atoms with E-state index in [0.717, 1.165) is 0 Å². The molecule has 0 radical (unpaired) electrons. The van der Waals surface area contributed by atoms with E-state index in [4.69, 9.17) is 14.2 Å². The van der Waals surface area contributed by atoms with Crippen LogP contribution in [0.3, 0.4) is 0 Å². The fourth-order valence-corrected chi connectivity index (χ4v) is 3.50. The van der Waals surface area contributed by atoms with Crippen molar-refractivity contribution in [3.63, 3.8) is 0 Å². The summed E-state index contributed by atoms with van der Waals surface area (Å²) in [4.78, 5) is 26.8. The Labute approximate surface area is 173 Å². The van der Waals surface area contributed by atoms with Crippen LogP contribution < -0.4 is 14.2 Å². The minimum Gasteiger partial charge on any atom is -0.507 e. The maximum absolute atomic E-state index is 12.9. The Kier molecular flexibility index (Phi) is 6.27. The van der Waals surface area contributed by atoms with Crippen molar-refractivity contribution >= 4 is 17.4 Å². The van der Waals surface area contributed by atoms with E-state index in [2.05, 4.69) is 0 Å². The highest BCUT2D eigenvalue weighted by atomic mass is 16.5. The van der Waals surface area contributed by atoms with Crippen LogP contribution in [0.5, 0.6) is 17.2 Å². The maximum atomic E-state index is 12.9. The molecule has 30 heavy (non-hydrogen) atoms. The lowest BCUT2D eigenvalue weighted by Gasteiger charge is -2.26. The van der Waals surface area contributed by atoms with Crippen molar-refractivity contribution in [2.24, 2.45) is 0 Å². The van der Waals surface area contributed by atoms with E-state index in [9.17, 15) is 19.8 Å². The predicted octanol–water partition coefficient (Wildman–Crippen LogP) is 2.13. The van der Waals surface area contributed by atoms with Crippen LogP contribution in [0.1, 0.15) is 17.2 Å². The lowest BCUT2D eigenvalue weighted by atomic mass is 9.94. The van der Waals surface area contributed by atoms with Gasteiger partial charge in [-0.3, -0.25) is 9.59 Å². The van der Waals surface area contributed by atoms with Crippen molar-refractivity contribution in [3.05, 3.63) is 59.2 Å². The van der Waals surface area contributed by atoms with Crippen LogP contribution >= 0.6 is 0 Å². The van der Waals surface area contributed by atoms with Crippen LogP contribution in [-0.2, 0) is 9.59 Å². The van der Waals surface area contributed by atoms with Gasteiger partial charge < -0.3 is 29.3 Å². The zero-order chi connectivity index (χ0) is 21.8. The molecule has 0 bridgehead atoms. The predicted molar refractivity (Wildman–Crippen MR) is 109 cm³/mol. The molecule has 2 aromatic rings. The highest BCUT2D eigenvalue weighted by molar-refractivity contribution is 6.46. The van der Waals surface area contributed by atoms with E-state index in [1.165, 1.54) is 26.2 Å². The van der Waals surface area contributed by atoms with Crippen molar-refractivity contribution in [1.82, 2.24) is 4.90 Å². The van der Waals surface area contributed by atoms with Crippen molar-refractivity contribution in [3.8, 4) is 17.2 Å². The fourth-order valence-electron chi connectivity index (χ4n) is 3.50. The summed E-state index contributed by atoms with van der Waals surface area (Å²) in [5.74, 6) is -0.499. The molecular formula is C22H23NO7. The first-order valence-corrected chi connectivity index (χ1v) is 9.22. The topological polar surface area (TPSA) is 106 Å². The van der Waals surface area contributed by atoms with Crippen molar-refractivity contribution in [2.75, 3.05) is 34.5 Å². The molecule has 1 atom stereocenters. The summed E-state index contributed by atoms with van der Waals surface area (Å²) in [6.07, 6.45) is 0. The van der Waals surface area contributed by atoms with Crippen LogP contribution in [0.4, 0.5) is 0 Å². The lowest BCUT2D eigenvalue weighted by Crippen LogP contribution is -2.32. The summed E-state index contributed by atoms with van der Waals surface area (Å²) in [7, 11) is 4.48. The van der Waals surface area contributed by atoms with Gasteiger partial charge >= 0.3 is 0 Å². The van der Waals surface area contributed by atoms with Gasteiger partial charge in [-0.2, -0.15) is 0 Å². The van der Waals surface area contributed by atoms with Gasteiger partial charge in [0.1, 0.15) is 23.0 Å². The maximum Gasteiger partial charge on any atom is 0.295 e. The molecule has 8 heteroatoms. The van der Waals surface area contributed by atoms with Crippen molar-refractivity contribution in [1.29, 1.82) is 0 Å². The molecule has 0 spiro atoms. The molecule has 1 fully saturated rings. The molecule has 1 unspecified atom stereocenters. The van der Waals surface area contributed by atoms with E-state index in [0.29, 0.717) is 28.4 Å². The molecule has 0 aromatic heterocycles. The third kappa shape index (κ3) is 3.69. The van der Waals surface area contributed by atoms with E-state index in [1.807, 2.05) is 0 Å². The number of nitrogens with zero attached hydrogens (tertiary/aromatic N) is 1. The number of hydrogen-bond donors (Lipinski definition) is 2. The third-order valence-electron chi connectivity index (χ3n) is 4.98. The molecule has 8 nitrogen and oxygen atoms in total. The monoisotopic (exact) mass is 413 g/mol. The number of ketones is 1. The molecule has 1 aliphatic rings. The first kappa shape index (κ1) is 21.2. The number of carbonyl (C=O) groups is 2. The van der Waals surface area contributed by atoms with Crippen LogP contribution in [-0.4, -0.2) is 61.3 Å². The van der Waals surface area contributed by atoms with Crippen LogP contribution in [0.25, 0.3) is 5.76 Å². The zero-order valence-electron chi connectivity index (χ0n) is 16.9. The normalized spacial score (nSPS) is 17.9. The number of β-amino-alcohol motifs (C(OH)–C–C–N with tert-alkyl or cyclic N) is 1. The first-order valence-electron chi connectivity index (χ1n) is 9.22. The molecule has 2 N–H and O–H groups in total. The van der Waals surface area contributed by atoms with Gasteiger partial charge in [-0.25, -0.2) is 0 Å². The first-order chi connectivity index (χ1) is 14.5. The molecular weight excluding hydrogens is 390 g/mol. The Bertz CT molecular complexity index is 981. The summed E-state index contributed by atoms with van der Waals surface area (Å²) >= 11 is 0. The molecule has 1 aliphatic heterocycles. The lowest BCUT2D eigenvalue weighted by molar-refractivity contribution is -0.140. The van der Waals surface area contributed by atoms with Crippen molar-refractivity contribution < 1.29 is 34.0 Å². The Hall–Kier alpha value is -3.52. The molecule has 0 saturated carbocycles. The molecule has 1 saturated heterocycles. The average molecular weight is 413 g/mol. The minimum absolute atomic E-state index is 0.0883. The second-order valence-corrected chi connectivity index (χ2v) is 6.55. The molecule has 3 rings (SSSR count). The number of ether oxygens (including phenoxy) is 3. The third-order valence-corrected chi connectivity index (χ3v) is 4.98. The second kappa shape index (κ2) is 8.87. The van der Waals surface area contributed by atoms with E-state index >= 15 is 0 Å². The van der Waals surface area contributed by atoms with Gasteiger partial charge in [0.2, 0.25) is 0 Å². The number of hydrogen-bond acceptors (Lipinski definition) is 7. The summed E-state index contributed by atoms with van der Waals surface area (Å²) in [6, 6.07) is 10.5. The molecule has 0 aliphatic carbocycles. The zero-order valence-corrected chi connectivity index (χ0v) is 16.9. The Morgan fingerprint density at radius 2 is 1.60 bits per heavy atom. The van der Waals surface area contributed by atoms with E-state index in [-0.39, 0.29) is 24.5 Å². The van der Waals surface area contributed by atoms with Gasteiger partial charge in [-0.05, 0) is 42.5 Å². The quantitative estimate of drug-likeness (QED) is 0.407. The highest BCUT2D eigenvalue weighted by Gasteiger charge is 2.47. The summed E-state index contributed by atoms with van der Waals surface area (Å²) in [5.41, 5.74) is 0.717. The molecule has 2 aromatic carbocycles. The number of aliphatic hydroxyl groups is 2. The van der Waals surface area contributed by atoms with Crippen molar-refractivity contribution in [2.45, 2.75) is 6.04 Å².